The summed E-state index contributed by atoms with van der Waals surface area (Å²) >= 11 is 0. The lowest BCUT2D eigenvalue weighted by Crippen LogP contribution is -2.64. The molecule has 0 aromatic carbocycles. The number of hydrogen-bond acceptors (Lipinski definition) is 7. The van der Waals surface area contributed by atoms with Crippen molar-refractivity contribution in [1.82, 2.24) is 20.1 Å². The second kappa shape index (κ2) is 10.1. The molecule has 7 nitrogen and oxygen atoms in total. The van der Waals surface area contributed by atoms with Crippen molar-refractivity contribution < 1.29 is 13.9 Å². The van der Waals surface area contributed by atoms with Crippen LogP contribution in [-0.2, 0) is 16.0 Å². The third kappa shape index (κ3) is 5.03. The lowest BCUT2D eigenvalue weighted by molar-refractivity contribution is -0.133. The van der Waals surface area contributed by atoms with Gasteiger partial charge >= 0.3 is 0 Å². The minimum atomic E-state index is -0.270. The van der Waals surface area contributed by atoms with Gasteiger partial charge in [0.15, 0.2) is 17.9 Å². The first-order valence-electron chi connectivity index (χ1n) is 11.9. The molecule has 0 saturated carbocycles. The highest BCUT2D eigenvalue weighted by Crippen LogP contribution is 2.36. The predicted molar refractivity (Wildman–Crippen MR) is 120 cm³/mol. The summed E-state index contributed by atoms with van der Waals surface area (Å²) in [5, 5.41) is 3.31. The highest BCUT2D eigenvalue weighted by molar-refractivity contribution is 5.45. The summed E-state index contributed by atoms with van der Waals surface area (Å²) in [5.41, 5.74) is 0.833. The van der Waals surface area contributed by atoms with E-state index < -0.39 is 0 Å². The Kier molecular flexibility index (Phi) is 7.44. The van der Waals surface area contributed by atoms with Gasteiger partial charge in [0.05, 0.1) is 5.69 Å². The van der Waals surface area contributed by atoms with E-state index in [0.717, 1.165) is 25.3 Å². The smallest absolute Gasteiger partial charge is 0.169 e. The molecule has 0 amide bonds. The zero-order chi connectivity index (χ0) is 22.0. The van der Waals surface area contributed by atoms with Crippen LogP contribution in [0.4, 0.5) is 10.2 Å². The van der Waals surface area contributed by atoms with E-state index in [-0.39, 0.29) is 12.1 Å². The molecule has 0 radical (unpaired) electrons. The van der Waals surface area contributed by atoms with Gasteiger partial charge in [0.1, 0.15) is 0 Å². The Morgan fingerprint density at radius 1 is 1.06 bits per heavy atom. The monoisotopic (exact) mass is 435 g/mol. The zero-order valence-corrected chi connectivity index (χ0v) is 19.4. The molecule has 3 aliphatic heterocycles. The summed E-state index contributed by atoms with van der Waals surface area (Å²) < 4.78 is 25.6. The molecule has 1 aromatic rings. The second-order valence-electron chi connectivity index (χ2n) is 9.17. The molecule has 31 heavy (non-hydrogen) atoms. The quantitative estimate of drug-likeness (QED) is 0.534. The molecule has 3 fully saturated rings. The molecule has 0 unspecified atom stereocenters. The topological polar surface area (TPSA) is 53.1 Å². The summed E-state index contributed by atoms with van der Waals surface area (Å²) in [4.78, 5) is 12.0. The van der Waals surface area contributed by atoms with Crippen LogP contribution < -0.4 is 10.2 Å². The maximum atomic E-state index is 14.5. The molecule has 1 N–H and O–H groups in total. The van der Waals surface area contributed by atoms with E-state index in [1.54, 1.807) is 6.07 Å². The Morgan fingerprint density at radius 3 is 2.42 bits per heavy atom. The molecular weight excluding hydrogens is 397 g/mol. The van der Waals surface area contributed by atoms with Crippen molar-refractivity contribution >= 4 is 5.82 Å². The van der Waals surface area contributed by atoms with Gasteiger partial charge in [0, 0.05) is 76.6 Å². The number of nitrogens with zero attached hydrogens (tertiary/aromatic N) is 4. The van der Waals surface area contributed by atoms with Crippen LogP contribution in [0, 0.1) is 5.82 Å². The van der Waals surface area contributed by atoms with E-state index in [9.17, 15) is 4.39 Å². The van der Waals surface area contributed by atoms with Crippen molar-refractivity contribution in [3.8, 4) is 0 Å². The Labute approximate surface area is 185 Å². The maximum Gasteiger partial charge on any atom is 0.169 e. The molecule has 0 spiro atoms. The molecule has 4 rings (SSSR count). The highest BCUT2D eigenvalue weighted by atomic mass is 19.1. The standard InChI is InChI=1S/C23H38FN5O2/c1-5-30-22(31-6-2)11-25-10-17-7-8-21(24)23(26-17)27-12-20(13-27)29-15-18-9-19(29)14-28(18)16(3)4/h7-8,16,18-20,22,25H,5-6,9-15H2,1-4H3/t18-,19-/m0/s1. The van der Waals surface area contributed by atoms with E-state index in [4.69, 9.17) is 9.47 Å². The number of aromatic nitrogens is 1. The first-order chi connectivity index (χ1) is 15.0. The fraction of sp³-hybridized carbons (Fsp3) is 0.783. The number of anilines is 1. The molecule has 3 aliphatic rings. The van der Waals surface area contributed by atoms with Crippen LogP contribution in [-0.4, -0.2) is 91.2 Å². The number of fused-ring (bicyclic) bond motifs is 2. The summed E-state index contributed by atoms with van der Waals surface area (Å²) in [6, 6.07) is 5.79. The summed E-state index contributed by atoms with van der Waals surface area (Å²) in [5.74, 6) is 0.243. The van der Waals surface area contributed by atoms with E-state index >= 15 is 0 Å². The Balaban J connectivity index is 1.27. The van der Waals surface area contributed by atoms with Crippen molar-refractivity contribution in [3.05, 3.63) is 23.6 Å². The van der Waals surface area contributed by atoms with Gasteiger partial charge in [0.25, 0.3) is 0 Å². The number of ether oxygens (including phenoxy) is 2. The highest BCUT2D eigenvalue weighted by Gasteiger charge is 2.48. The summed E-state index contributed by atoms with van der Waals surface area (Å²) in [7, 11) is 0. The van der Waals surface area contributed by atoms with Gasteiger partial charge in [-0.3, -0.25) is 9.80 Å². The van der Waals surface area contributed by atoms with Gasteiger partial charge < -0.3 is 19.7 Å². The minimum Gasteiger partial charge on any atom is -0.352 e. The van der Waals surface area contributed by atoms with Gasteiger partial charge in [-0.25, -0.2) is 9.37 Å². The number of hydrogen-bond donors (Lipinski definition) is 1. The molecule has 2 atom stereocenters. The van der Waals surface area contributed by atoms with E-state index in [1.807, 2.05) is 13.8 Å². The lowest BCUT2D eigenvalue weighted by atomic mass is 10.0. The molecule has 4 heterocycles. The maximum absolute atomic E-state index is 14.5. The molecule has 2 bridgehead atoms. The first-order valence-corrected chi connectivity index (χ1v) is 11.9. The van der Waals surface area contributed by atoms with Crippen molar-refractivity contribution in [2.75, 3.05) is 50.8 Å². The number of piperazine rings is 1. The lowest BCUT2D eigenvalue weighted by Gasteiger charge is -2.49. The Hall–Kier alpha value is -1.32. The van der Waals surface area contributed by atoms with E-state index in [1.165, 1.54) is 19.0 Å². The van der Waals surface area contributed by atoms with Gasteiger partial charge in [-0.1, -0.05) is 0 Å². The van der Waals surface area contributed by atoms with E-state index in [0.29, 0.717) is 56.3 Å². The Morgan fingerprint density at radius 2 is 1.81 bits per heavy atom. The van der Waals surface area contributed by atoms with Gasteiger partial charge in [0.2, 0.25) is 0 Å². The van der Waals surface area contributed by atoms with Crippen LogP contribution in [0.15, 0.2) is 12.1 Å². The Bertz CT molecular complexity index is 724. The molecule has 3 saturated heterocycles. The van der Waals surface area contributed by atoms with Gasteiger partial charge in [-0.05, 0) is 46.2 Å². The van der Waals surface area contributed by atoms with E-state index in [2.05, 4.69) is 38.8 Å². The third-order valence-electron chi connectivity index (χ3n) is 6.83. The fourth-order valence-electron chi connectivity index (χ4n) is 5.29. The van der Waals surface area contributed by atoms with Crippen molar-refractivity contribution in [1.29, 1.82) is 0 Å². The summed E-state index contributed by atoms with van der Waals surface area (Å²) in [6.07, 6.45) is 1.01. The van der Waals surface area contributed by atoms with Crippen molar-refractivity contribution in [2.24, 2.45) is 0 Å². The first kappa shape index (κ1) is 22.9. The van der Waals surface area contributed by atoms with Crippen LogP contribution in [0.1, 0.15) is 39.8 Å². The largest absolute Gasteiger partial charge is 0.352 e. The number of halogens is 1. The molecule has 8 heteroatoms. The SMILES string of the molecule is CCOC(CNCc1ccc(F)c(N2CC(N3C[C@@H]4C[C@H]3CN4C(C)C)C2)n1)OCC. The molecular formula is C23H38FN5O2. The molecule has 0 aliphatic carbocycles. The normalized spacial score (nSPS) is 24.7. The third-order valence-corrected chi connectivity index (χ3v) is 6.83. The number of likely N-dealkylation sites (tertiary alicyclic amines) is 2. The van der Waals surface area contributed by atoms with Crippen LogP contribution in [0.25, 0.3) is 0 Å². The van der Waals surface area contributed by atoms with Crippen molar-refractivity contribution in [3.63, 3.8) is 0 Å². The summed E-state index contributed by atoms with van der Waals surface area (Å²) in [6.45, 7) is 14.9. The van der Waals surface area contributed by atoms with Crippen LogP contribution >= 0.6 is 0 Å². The zero-order valence-electron chi connectivity index (χ0n) is 19.4. The average Bonchev–Trinajstić information content (AvgIpc) is 3.30. The molecule has 1 aromatic heterocycles. The van der Waals surface area contributed by atoms with Crippen LogP contribution in [0.5, 0.6) is 0 Å². The van der Waals surface area contributed by atoms with Crippen molar-refractivity contribution in [2.45, 2.75) is 71.1 Å². The average molecular weight is 436 g/mol. The number of nitrogens with one attached hydrogen (secondary N) is 1. The molecule has 174 valence electrons. The number of pyridine rings is 1. The fourth-order valence-corrected chi connectivity index (χ4v) is 5.29. The van der Waals surface area contributed by atoms with Crippen LogP contribution in [0.2, 0.25) is 0 Å². The number of rotatable bonds is 11. The van der Waals surface area contributed by atoms with Gasteiger partial charge in [-0.15, -0.1) is 0 Å². The second-order valence-corrected chi connectivity index (χ2v) is 9.17. The van der Waals surface area contributed by atoms with Crippen LogP contribution in [0.3, 0.4) is 0 Å². The van der Waals surface area contributed by atoms with Gasteiger partial charge in [-0.2, -0.15) is 0 Å². The predicted octanol–water partition coefficient (Wildman–Crippen LogP) is 2.06. The minimum absolute atomic E-state index is 0.238.